The molecule has 1 aromatic carbocycles. The maximum absolute atomic E-state index is 12.4. The fourth-order valence-corrected chi connectivity index (χ4v) is 2.67. The third-order valence-corrected chi connectivity index (χ3v) is 3.96. The third-order valence-electron chi connectivity index (χ3n) is 3.96. The normalized spacial score (nSPS) is 14.9. The number of rotatable bonds is 6. The van der Waals surface area contributed by atoms with Crippen LogP contribution in [0, 0.1) is 0 Å². The third kappa shape index (κ3) is 4.11. The molecule has 7 heteroatoms. The molecule has 132 valence electrons. The van der Waals surface area contributed by atoms with E-state index in [4.69, 9.17) is 14.2 Å². The Balaban J connectivity index is 2.05. The molecule has 24 heavy (non-hydrogen) atoms. The maximum atomic E-state index is 12.4. The Morgan fingerprint density at radius 1 is 1.12 bits per heavy atom. The summed E-state index contributed by atoms with van der Waals surface area (Å²) in [6, 6.07) is 3.29. The van der Waals surface area contributed by atoms with Crippen LogP contribution in [0.1, 0.15) is 0 Å². The molecule has 0 unspecified atom stereocenters. The highest BCUT2D eigenvalue weighted by Gasteiger charge is 2.21. The summed E-state index contributed by atoms with van der Waals surface area (Å²) in [7, 11) is 4.63. The molecule has 0 radical (unpaired) electrons. The predicted octanol–water partition coefficient (Wildman–Crippen LogP) is 2.05. The number of benzene rings is 1. The van der Waals surface area contributed by atoms with E-state index in [2.05, 4.69) is 16.8 Å². The van der Waals surface area contributed by atoms with Crippen LogP contribution < -0.4 is 19.5 Å². The molecule has 7 nitrogen and oxygen atoms in total. The van der Waals surface area contributed by atoms with E-state index in [0.717, 1.165) is 19.6 Å². The average Bonchev–Trinajstić information content (AvgIpc) is 2.61. The first-order chi connectivity index (χ1) is 11.6. The number of hydrogen-bond acceptors (Lipinski definition) is 5. The van der Waals surface area contributed by atoms with Crippen molar-refractivity contribution >= 4 is 11.7 Å². The zero-order chi connectivity index (χ0) is 17.5. The Bertz CT molecular complexity index is 558. The Hall–Kier alpha value is -2.41. The van der Waals surface area contributed by atoms with Crippen LogP contribution in [-0.4, -0.2) is 69.9 Å². The van der Waals surface area contributed by atoms with Crippen molar-refractivity contribution in [3.8, 4) is 17.2 Å². The number of anilines is 1. The molecule has 2 amide bonds. The Morgan fingerprint density at radius 3 is 2.17 bits per heavy atom. The lowest BCUT2D eigenvalue weighted by Gasteiger charge is -2.34. The Morgan fingerprint density at radius 2 is 1.71 bits per heavy atom. The standard InChI is InChI=1S/C17H25N3O4/c1-5-6-19-7-9-20(10-8-19)17(21)18-13-11-14(22-2)16(24-4)15(12-13)23-3/h5,11-12H,1,6-10H2,2-4H3,(H,18,21). The molecule has 0 aromatic heterocycles. The molecular formula is C17H25N3O4. The summed E-state index contributed by atoms with van der Waals surface area (Å²) >= 11 is 0. The monoisotopic (exact) mass is 335 g/mol. The number of hydrogen-bond donors (Lipinski definition) is 1. The largest absolute Gasteiger partial charge is 0.493 e. The number of ether oxygens (including phenoxy) is 3. The molecule has 0 bridgehead atoms. The summed E-state index contributed by atoms with van der Waals surface area (Å²) in [5.41, 5.74) is 0.600. The molecule has 1 aliphatic heterocycles. The molecule has 1 saturated heterocycles. The fraction of sp³-hybridized carbons (Fsp3) is 0.471. The SMILES string of the molecule is C=CCN1CCN(C(=O)Nc2cc(OC)c(OC)c(OC)c2)CC1. The van der Waals surface area contributed by atoms with Gasteiger partial charge in [0, 0.05) is 44.9 Å². The minimum absolute atomic E-state index is 0.137. The minimum atomic E-state index is -0.137. The van der Waals surface area contributed by atoms with Crippen LogP contribution in [0.3, 0.4) is 0 Å². The number of methoxy groups -OCH3 is 3. The van der Waals surface area contributed by atoms with Crippen molar-refractivity contribution in [2.45, 2.75) is 0 Å². The van der Waals surface area contributed by atoms with E-state index in [1.807, 2.05) is 6.08 Å². The lowest BCUT2D eigenvalue weighted by molar-refractivity contribution is 0.156. The first kappa shape index (κ1) is 17.9. The molecule has 0 atom stereocenters. The van der Waals surface area contributed by atoms with E-state index in [-0.39, 0.29) is 6.03 Å². The molecule has 1 fully saturated rings. The first-order valence-corrected chi connectivity index (χ1v) is 7.82. The van der Waals surface area contributed by atoms with E-state index in [0.29, 0.717) is 36.0 Å². The van der Waals surface area contributed by atoms with Gasteiger partial charge in [-0.2, -0.15) is 0 Å². The summed E-state index contributed by atoms with van der Waals surface area (Å²) in [5, 5.41) is 2.89. The summed E-state index contributed by atoms with van der Waals surface area (Å²) in [6.07, 6.45) is 1.88. The van der Waals surface area contributed by atoms with E-state index >= 15 is 0 Å². The number of carbonyl (C=O) groups excluding carboxylic acids is 1. The number of nitrogens with zero attached hydrogens (tertiary/aromatic N) is 2. The number of piperazine rings is 1. The van der Waals surface area contributed by atoms with Gasteiger partial charge in [-0.1, -0.05) is 6.08 Å². The van der Waals surface area contributed by atoms with Crippen LogP contribution in [0.2, 0.25) is 0 Å². The van der Waals surface area contributed by atoms with Crippen LogP contribution in [0.15, 0.2) is 24.8 Å². The topological polar surface area (TPSA) is 63.3 Å². The van der Waals surface area contributed by atoms with Gasteiger partial charge < -0.3 is 24.4 Å². The van der Waals surface area contributed by atoms with Gasteiger partial charge in [-0.15, -0.1) is 6.58 Å². The highest BCUT2D eigenvalue weighted by molar-refractivity contribution is 5.90. The second-order valence-corrected chi connectivity index (χ2v) is 5.42. The summed E-state index contributed by atoms with van der Waals surface area (Å²) < 4.78 is 15.9. The molecule has 1 aliphatic rings. The number of amides is 2. The van der Waals surface area contributed by atoms with Gasteiger partial charge in [0.1, 0.15) is 0 Å². The van der Waals surface area contributed by atoms with Crippen LogP contribution >= 0.6 is 0 Å². The molecule has 1 N–H and O–H groups in total. The van der Waals surface area contributed by atoms with Gasteiger partial charge >= 0.3 is 6.03 Å². The van der Waals surface area contributed by atoms with E-state index in [9.17, 15) is 4.79 Å². The van der Waals surface area contributed by atoms with Crippen molar-refractivity contribution in [2.24, 2.45) is 0 Å². The van der Waals surface area contributed by atoms with Crippen molar-refractivity contribution in [3.63, 3.8) is 0 Å². The zero-order valence-electron chi connectivity index (χ0n) is 14.5. The summed E-state index contributed by atoms with van der Waals surface area (Å²) in [5.74, 6) is 1.50. The molecule has 0 aliphatic carbocycles. The summed E-state index contributed by atoms with van der Waals surface area (Å²) in [4.78, 5) is 16.5. The molecule has 0 saturated carbocycles. The minimum Gasteiger partial charge on any atom is -0.493 e. The lowest BCUT2D eigenvalue weighted by atomic mass is 10.2. The number of urea groups is 1. The molecule has 1 heterocycles. The molecule has 2 rings (SSSR count). The summed E-state index contributed by atoms with van der Waals surface area (Å²) in [6.45, 7) is 7.65. The predicted molar refractivity (Wildman–Crippen MR) is 93.3 cm³/mol. The maximum Gasteiger partial charge on any atom is 0.321 e. The Kier molecular flexibility index (Phi) is 6.31. The van der Waals surface area contributed by atoms with Crippen molar-refractivity contribution in [1.29, 1.82) is 0 Å². The van der Waals surface area contributed by atoms with E-state index < -0.39 is 0 Å². The van der Waals surface area contributed by atoms with Gasteiger partial charge in [-0.3, -0.25) is 4.90 Å². The first-order valence-electron chi connectivity index (χ1n) is 7.82. The van der Waals surface area contributed by atoms with Gasteiger partial charge in [0.15, 0.2) is 11.5 Å². The van der Waals surface area contributed by atoms with Gasteiger partial charge in [-0.05, 0) is 0 Å². The highest BCUT2D eigenvalue weighted by Crippen LogP contribution is 2.39. The molecule has 1 aromatic rings. The number of nitrogens with one attached hydrogen (secondary N) is 1. The zero-order valence-corrected chi connectivity index (χ0v) is 14.5. The quantitative estimate of drug-likeness (QED) is 0.806. The smallest absolute Gasteiger partial charge is 0.321 e. The van der Waals surface area contributed by atoms with Crippen molar-refractivity contribution in [3.05, 3.63) is 24.8 Å². The average molecular weight is 335 g/mol. The van der Waals surface area contributed by atoms with Crippen molar-refractivity contribution in [1.82, 2.24) is 9.80 Å². The van der Waals surface area contributed by atoms with Crippen LogP contribution in [0.25, 0.3) is 0 Å². The number of carbonyl (C=O) groups is 1. The van der Waals surface area contributed by atoms with Gasteiger partial charge in [0.2, 0.25) is 5.75 Å². The van der Waals surface area contributed by atoms with Crippen LogP contribution in [0.4, 0.5) is 10.5 Å². The molecular weight excluding hydrogens is 310 g/mol. The van der Waals surface area contributed by atoms with Gasteiger partial charge in [0.05, 0.1) is 27.0 Å². The van der Waals surface area contributed by atoms with E-state index in [1.54, 1.807) is 38.4 Å². The van der Waals surface area contributed by atoms with Gasteiger partial charge in [0.25, 0.3) is 0 Å². The fourth-order valence-electron chi connectivity index (χ4n) is 2.67. The highest BCUT2D eigenvalue weighted by atomic mass is 16.5. The Labute approximate surface area is 142 Å². The molecule has 0 spiro atoms. The second kappa shape index (κ2) is 8.44. The van der Waals surface area contributed by atoms with Crippen LogP contribution in [-0.2, 0) is 0 Å². The van der Waals surface area contributed by atoms with Gasteiger partial charge in [-0.25, -0.2) is 4.79 Å². The van der Waals surface area contributed by atoms with Crippen molar-refractivity contribution in [2.75, 3.05) is 59.4 Å². The lowest BCUT2D eigenvalue weighted by Crippen LogP contribution is -2.49. The van der Waals surface area contributed by atoms with Crippen LogP contribution in [0.5, 0.6) is 17.2 Å². The van der Waals surface area contributed by atoms with E-state index in [1.165, 1.54) is 0 Å². The second-order valence-electron chi connectivity index (χ2n) is 5.42. The van der Waals surface area contributed by atoms with Crippen molar-refractivity contribution < 1.29 is 19.0 Å².